The third-order valence-electron chi connectivity index (χ3n) is 3.02. The number of nitrogens with zero attached hydrogens (tertiary/aromatic N) is 2. The standard InChI is InChI=1S/C16H16N2O4S/c1-2-21-16(20)9-15-18(14(19)11-23-15)7-8-22-13-6-4-3-5-12(13)10-17/h3-6,9H,2,7-8,11H2,1H3/b15-9-. The molecule has 1 aromatic carbocycles. The predicted octanol–water partition coefficient (Wildman–Crippen LogP) is 1.92. The second kappa shape index (κ2) is 8.25. The van der Waals surface area contributed by atoms with Gasteiger partial charge >= 0.3 is 5.97 Å². The highest BCUT2D eigenvalue weighted by atomic mass is 32.2. The molecule has 2 rings (SSSR count). The van der Waals surface area contributed by atoms with Gasteiger partial charge in [-0.2, -0.15) is 5.26 Å². The van der Waals surface area contributed by atoms with Gasteiger partial charge in [-0.15, -0.1) is 0 Å². The summed E-state index contributed by atoms with van der Waals surface area (Å²) in [5.41, 5.74) is 0.442. The van der Waals surface area contributed by atoms with Crippen molar-refractivity contribution in [2.24, 2.45) is 0 Å². The fourth-order valence-electron chi connectivity index (χ4n) is 1.99. The van der Waals surface area contributed by atoms with Crippen LogP contribution in [-0.4, -0.2) is 42.3 Å². The lowest BCUT2D eigenvalue weighted by Crippen LogP contribution is -2.29. The topological polar surface area (TPSA) is 79.6 Å². The minimum absolute atomic E-state index is 0.0808. The molecule has 0 radical (unpaired) electrons. The number of thioether (sulfide) groups is 1. The molecule has 120 valence electrons. The fraction of sp³-hybridized carbons (Fsp3) is 0.312. The summed E-state index contributed by atoms with van der Waals surface area (Å²) in [5.74, 6) is 0.221. The average molecular weight is 332 g/mol. The number of carbonyl (C=O) groups is 2. The number of rotatable bonds is 6. The first-order chi connectivity index (χ1) is 11.2. The molecule has 0 unspecified atom stereocenters. The number of amides is 1. The SMILES string of the molecule is CCOC(=O)/C=C1\SCC(=O)N1CCOc1ccccc1C#N. The van der Waals surface area contributed by atoms with E-state index in [0.29, 0.717) is 28.6 Å². The molecular formula is C16H16N2O4S. The van der Waals surface area contributed by atoms with E-state index < -0.39 is 5.97 Å². The Morgan fingerprint density at radius 2 is 2.26 bits per heavy atom. The van der Waals surface area contributed by atoms with Crippen LogP contribution in [0.1, 0.15) is 12.5 Å². The van der Waals surface area contributed by atoms with Crippen molar-refractivity contribution in [3.8, 4) is 11.8 Å². The van der Waals surface area contributed by atoms with Crippen molar-refractivity contribution in [1.82, 2.24) is 4.90 Å². The van der Waals surface area contributed by atoms with Gasteiger partial charge in [0.25, 0.3) is 0 Å². The molecule has 1 aliphatic heterocycles. The Bertz CT molecular complexity index is 666. The molecule has 1 fully saturated rings. The van der Waals surface area contributed by atoms with Crippen LogP contribution in [0.4, 0.5) is 0 Å². The number of benzene rings is 1. The highest BCUT2D eigenvalue weighted by Gasteiger charge is 2.27. The van der Waals surface area contributed by atoms with Gasteiger partial charge in [-0.1, -0.05) is 23.9 Å². The molecule has 7 heteroatoms. The van der Waals surface area contributed by atoms with E-state index in [4.69, 9.17) is 14.7 Å². The fourth-order valence-corrected chi connectivity index (χ4v) is 2.94. The molecule has 23 heavy (non-hydrogen) atoms. The van der Waals surface area contributed by atoms with Crippen LogP contribution in [0.25, 0.3) is 0 Å². The van der Waals surface area contributed by atoms with Crippen molar-refractivity contribution < 1.29 is 19.1 Å². The Kier molecular flexibility index (Phi) is 6.06. The van der Waals surface area contributed by atoms with E-state index in [2.05, 4.69) is 0 Å². The molecule has 1 aliphatic rings. The van der Waals surface area contributed by atoms with Crippen molar-refractivity contribution in [3.05, 3.63) is 40.9 Å². The third-order valence-corrected chi connectivity index (χ3v) is 4.04. The first kappa shape index (κ1) is 16.9. The molecule has 1 aromatic rings. The van der Waals surface area contributed by atoms with Gasteiger partial charge in [-0.25, -0.2) is 4.79 Å². The van der Waals surface area contributed by atoms with Crippen molar-refractivity contribution >= 4 is 23.6 Å². The number of nitriles is 1. The van der Waals surface area contributed by atoms with Crippen molar-refractivity contribution in [3.63, 3.8) is 0 Å². The Morgan fingerprint density at radius 3 is 3.00 bits per heavy atom. The van der Waals surface area contributed by atoms with Gasteiger partial charge in [0.15, 0.2) is 0 Å². The monoisotopic (exact) mass is 332 g/mol. The second-order valence-electron chi connectivity index (χ2n) is 4.53. The van der Waals surface area contributed by atoms with Crippen molar-refractivity contribution in [2.45, 2.75) is 6.92 Å². The van der Waals surface area contributed by atoms with Gasteiger partial charge in [-0.05, 0) is 19.1 Å². The average Bonchev–Trinajstić information content (AvgIpc) is 2.88. The summed E-state index contributed by atoms with van der Waals surface area (Å²) in [5, 5.41) is 9.57. The zero-order valence-corrected chi connectivity index (χ0v) is 13.5. The van der Waals surface area contributed by atoms with Gasteiger partial charge in [-0.3, -0.25) is 4.79 Å². The minimum atomic E-state index is -0.467. The van der Waals surface area contributed by atoms with Crippen LogP contribution in [0.3, 0.4) is 0 Å². The number of ether oxygens (including phenoxy) is 2. The molecule has 1 saturated heterocycles. The second-order valence-corrected chi connectivity index (χ2v) is 5.52. The van der Waals surface area contributed by atoms with Gasteiger partial charge in [0, 0.05) is 0 Å². The lowest BCUT2D eigenvalue weighted by Gasteiger charge is -2.17. The largest absolute Gasteiger partial charge is 0.490 e. The van der Waals surface area contributed by atoms with Crippen LogP contribution >= 0.6 is 11.8 Å². The van der Waals surface area contributed by atoms with Crippen molar-refractivity contribution in [2.75, 3.05) is 25.5 Å². The van der Waals surface area contributed by atoms with Crippen LogP contribution in [-0.2, 0) is 14.3 Å². The molecule has 0 aliphatic carbocycles. The number of esters is 1. The molecule has 0 N–H and O–H groups in total. The van der Waals surface area contributed by atoms with E-state index in [9.17, 15) is 9.59 Å². The van der Waals surface area contributed by atoms with Crippen LogP contribution < -0.4 is 4.74 Å². The molecule has 0 saturated carbocycles. The van der Waals surface area contributed by atoms with Crippen LogP contribution in [0, 0.1) is 11.3 Å². The summed E-state index contributed by atoms with van der Waals surface area (Å²) in [6, 6.07) is 8.95. The van der Waals surface area contributed by atoms with E-state index in [1.54, 1.807) is 31.2 Å². The molecule has 0 spiro atoms. The number of carbonyl (C=O) groups excluding carboxylic acids is 2. The Hall–Kier alpha value is -2.46. The first-order valence-corrected chi connectivity index (χ1v) is 8.07. The smallest absolute Gasteiger partial charge is 0.333 e. The molecule has 1 heterocycles. The van der Waals surface area contributed by atoms with E-state index >= 15 is 0 Å². The Labute approximate surface area is 138 Å². The predicted molar refractivity (Wildman–Crippen MR) is 85.5 cm³/mol. The van der Waals surface area contributed by atoms with E-state index in [-0.39, 0.29) is 19.1 Å². The lowest BCUT2D eigenvalue weighted by atomic mass is 10.2. The van der Waals surface area contributed by atoms with Crippen LogP contribution in [0.5, 0.6) is 5.75 Å². The van der Waals surface area contributed by atoms with E-state index in [0.717, 1.165) is 0 Å². The van der Waals surface area contributed by atoms with Gasteiger partial charge in [0.05, 0.1) is 35.6 Å². The quantitative estimate of drug-likeness (QED) is 0.585. The summed E-state index contributed by atoms with van der Waals surface area (Å²) in [4.78, 5) is 24.9. The molecule has 0 atom stereocenters. The molecular weight excluding hydrogens is 316 g/mol. The zero-order valence-electron chi connectivity index (χ0n) is 12.7. The van der Waals surface area contributed by atoms with E-state index in [1.165, 1.54) is 22.7 Å². The van der Waals surface area contributed by atoms with Crippen LogP contribution in [0.15, 0.2) is 35.4 Å². The number of hydrogen-bond donors (Lipinski definition) is 0. The zero-order chi connectivity index (χ0) is 16.7. The normalized spacial score (nSPS) is 15.6. The van der Waals surface area contributed by atoms with E-state index in [1.807, 2.05) is 6.07 Å². The van der Waals surface area contributed by atoms with Crippen LogP contribution in [0.2, 0.25) is 0 Å². The Morgan fingerprint density at radius 1 is 1.48 bits per heavy atom. The van der Waals surface area contributed by atoms with Gasteiger partial charge in [0.1, 0.15) is 18.4 Å². The molecule has 6 nitrogen and oxygen atoms in total. The van der Waals surface area contributed by atoms with Crippen molar-refractivity contribution in [1.29, 1.82) is 5.26 Å². The summed E-state index contributed by atoms with van der Waals surface area (Å²) < 4.78 is 10.4. The highest BCUT2D eigenvalue weighted by Crippen LogP contribution is 2.28. The summed E-state index contributed by atoms with van der Waals surface area (Å²) >= 11 is 1.30. The lowest BCUT2D eigenvalue weighted by molar-refractivity contribution is -0.137. The molecule has 1 amide bonds. The molecule has 0 aromatic heterocycles. The third kappa shape index (κ3) is 4.50. The summed E-state index contributed by atoms with van der Waals surface area (Å²) in [7, 11) is 0. The summed E-state index contributed by atoms with van der Waals surface area (Å²) in [6.07, 6.45) is 1.32. The maximum Gasteiger partial charge on any atom is 0.333 e. The highest BCUT2D eigenvalue weighted by molar-refractivity contribution is 8.04. The minimum Gasteiger partial charge on any atom is -0.490 e. The van der Waals surface area contributed by atoms with Gasteiger partial charge in [0.2, 0.25) is 5.91 Å². The maximum absolute atomic E-state index is 11.9. The number of para-hydroxylation sites is 1. The molecule has 0 bridgehead atoms. The summed E-state index contributed by atoms with van der Waals surface area (Å²) in [6.45, 7) is 2.54. The number of hydrogen-bond acceptors (Lipinski definition) is 6. The Balaban J connectivity index is 1.96. The van der Waals surface area contributed by atoms with Gasteiger partial charge < -0.3 is 14.4 Å². The first-order valence-electron chi connectivity index (χ1n) is 7.09. The maximum atomic E-state index is 11.9.